The van der Waals surface area contributed by atoms with Crippen LogP contribution in [-0.4, -0.2) is 40.0 Å². The van der Waals surface area contributed by atoms with E-state index in [0.717, 1.165) is 55.3 Å². The van der Waals surface area contributed by atoms with E-state index in [2.05, 4.69) is 20.6 Å². The Morgan fingerprint density at radius 1 is 1.22 bits per heavy atom. The van der Waals surface area contributed by atoms with Crippen molar-refractivity contribution in [1.82, 2.24) is 14.5 Å². The summed E-state index contributed by atoms with van der Waals surface area (Å²) < 4.78 is 18.1. The molecule has 0 saturated carbocycles. The molecule has 1 aromatic heterocycles. The normalized spacial score (nSPS) is 17.3. The second-order valence-electron chi connectivity index (χ2n) is 8.61. The van der Waals surface area contributed by atoms with Crippen LogP contribution >= 0.6 is 11.5 Å². The Labute approximate surface area is 190 Å². The van der Waals surface area contributed by atoms with Gasteiger partial charge in [0, 0.05) is 24.2 Å². The molecule has 32 heavy (non-hydrogen) atoms. The van der Waals surface area contributed by atoms with Crippen LogP contribution in [0.3, 0.4) is 0 Å². The van der Waals surface area contributed by atoms with E-state index in [9.17, 15) is 9.18 Å². The highest BCUT2D eigenvalue weighted by atomic mass is 32.1. The van der Waals surface area contributed by atoms with Crippen LogP contribution in [0.5, 0.6) is 0 Å². The number of hydrogen-bond acceptors (Lipinski definition) is 6. The molecule has 6 nitrogen and oxygen atoms in total. The highest BCUT2D eigenvalue weighted by Gasteiger charge is 2.47. The lowest BCUT2D eigenvalue weighted by Gasteiger charge is -2.40. The van der Waals surface area contributed by atoms with Crippen molar-refractivity contribution in [3.63, 3.8) is 0 Å². The van der Waals surface area contributed by atoms with Crippen LogP contribution < -0.4 is 4.90 Å². The lowest BCUT2D eigenvalue weighted by molar-refractivity contribution is 0.0978. The van der Waals surface area contributed by atoms with Crippen molar-refractivity contribution in [3.05, 3.63) is 75.5 Å². The number of fused-ring (bicyclic) bond motifs is 2. The molecule has 1 amide bonds. The second-order valence-corrected chi connectivity index (χ2v) is 9.36. The maximum Gasteiger partial charge on any atom is 0.271 e. The summed E-state index contributed by atoms with van der Waals surface area (Å²) in [6.07, 6.45) is 1.70. The topological polar surface area (TPSA) is 73.1 Å². The van der Waals surface area contributed by atoms with Gasteiger partial charge in [0.2, 0.25) is 0 Å². The lowest BCUT2D eigenvalue weighted by atomic mass is 9.74. The average molecular weight is 448 g/mol. The molecule has 1 spiro atoms. The Balaban J connectivity index is 1.37. The van der Waals surface area contributed by atoms with Crippen molar-refractivity contribution >= 4 is 23.1 Å². The van der Waals surface area contributed by atoms with Gasteiger partial charge < -0.3 is 4.90 Å². The monoisotopic (exact) mass is 447 g/mol. The predicted octanol–water partition coefficient (Wildman–Crippen LogP) is 4.05. The maximum absolute atomic E-state index is 14.2. The third-order valence-electron chi connectivity index (χ3n) is 6.67. The minimum Gasteiger partial charge on any atom is -0.306 e. The number of halogens is 1. The number of rotatable bonds is 3. The Hall–Kier alpha value is -3.15. The summed E-state index contributed by atoms with van der Waals surface area (Å²) in [5, 5.41) is 13.0. The van der Waals surface area contributed by atoms with Crippen LogP contribution in [0, 0.1) is 24.1 Å². The van der Waals surface area contributed by atoms with Gasteiger partial charge in [0.25, 0.3) is 5.91 Å². The standard InChI is InChI=1S/C24H22FN5OS/c1-16-22(32-28-27-16)23(31)30-15-24(20-12-19(25)6-7-21(20)30)8-10-29(11-9-24)14-18-4-2-17(13-26)3-5-18/h2-7,12H,8-11,14-15H2,1H3. The van der Waals surface area contributed by atoms with Crippen LogP contribution in [0.4, 0.5) is 10.1 Å². The molecule has 2 aliphatic heterocycles. The van der Waals surface area contributed by atoms with Gasteiger partial charge in [0.15, 0.2) is 0 Å². The summed E-state index contributed by atoms with van der Waals surface area (Å²) in [4.78, 5) is 18.0. The van der Waals surface area contributed by atoms with Crippen LogP contribution in [0.2, 0.25) is 0 Å². The zero-order valence-corrected chi connectivity index (χ0v) is 18.5. The van der Waals surface area contributed by atoms with Crippen molar-refractivity contribution in [1.29, 1.82) is 5.26 Å². The predicted molar refractivity (Wildman–Crippen MR) is 120 cm³/mol. The molecule has 2 aliphatic rings. The van der Waals surface area contributed by atoms with E-state index in [4.69, 9.17) is 5.26 Å². The van der Waals surface area contributed by atoms with Gasteiger partial charge in [-0.2, -0.15) is 5.26 Å². The molecule has 3 aromatic rings. The van der Waals surface area contributed by atoms with E-state index in [0.29, 0.717) is 22.7 Å². The van der Waals surface area contributed by atoms with Gasteiger partial charge in [-0.25, -0.2) is 4.39 Å². The van der Waals surface area contributed by atoms with E-state index in [1.807, 2.05) is 24.3 Å². The van der Waals surface area contributed by atoms with E-state index < -0.39 is 0 Å². The molecular formula is C24H22FN5OS. The third-order valence-corrected chi connectivity index (χ3v) is 7.49. The Morgan fingerprint density at radius 3 is 2.62 bits per heavy atom. The fraction of sp³-hybridized carbons (Fsp3) is 0.333. The first kappa shape index (κ1) is 20.7. The van der Waals surface area contributed by atoms with E-state index >= 15 is 0 Å². The first-order valence-corrected chi connectivity index (χ1v) is 11.4. The highest BCUT2D eigenvalue weighted by molar-refractivity contribution is 7.08. The number of benzene rings is 2. The molecule has 1 fully saturated rings. The Kier molecular flexibility index (Phi) is 5.24. The molecule has 0 unspecified atom stereocenters. The molecule has 0 bridgehead atoms. The van der Waals surface area contributed by atoms with Gasteiger partial charge in [-0.3, -0.25) is 9.69 Å². The zero-order chi connectivity index (χ0) is 22.3. The summed E-state index contributed by atoms with van der Waals surface area (Å²) in [5.41, 5.74) is 3.93. The molecule has 162 valence electrons. The Morgan fingerprint density at radius 2 is 1.97 bits per heavy atom. The summed E-state index contributed by atoms with van der Waals surface area (Å²) in [6.45, 7) is 4.87. The minimum absolute atomic E-state index is 0.109. The van der Waals surface area contributed by atoms with Crippen molar-refractivity contribution in [2.24, 2.45) is 0 Å². The number of nitrogens with zero attached hydrogens (tertiary/aromatic N) is 5. The fourth-order valence-corrected chi connectivity index (χ4v) is 5.49. The molecule has 0 radical (unpaired) electrons. The van der Waals surface area contributed by atoms with Gasteiger partial charge in [-0.1, -0.05) is 16.6 Å². The van der Waals surface area contributed by atoms with E-state index in [-0.39, 0.29) is 17.1 Å². The number of aryl methyl sites for hydroxylation is 1. The summed E-state index contributed by atoms with van der Waals surface area (Å²) in [6, 6.07) is 14.6. The van der Waals surface area contributed by atoms with Crippen LogP contribution in [0.25, 0.3) is 0 Å². The van der Waals surface area contributed by atoms with Crippen LogP contribution in [0.15, 0.2) is 42.5 Å². The van der Waals surface area contributed by atoms with Gasteiger partial charge in [-0.05, 0) is 85.8 Å². The van der Waals surface area contributed by atoms with Crippen molar-refractivity contribution in [3.8, 4) is 6.07 Å². The SMILES string of the molecule is Cc1nnsc1C(=O)N1CC2(CCN(Cc3ccc(C#N)cc3)CC2)c2cc(F)ccc21. The number of aromatic nitrogens is 2. The second kappa shape index (κ2) is 8.08. The number of anilines is 1. The first-order chi connectivity index (χ1) is 15.5. The molecule has 2 aromatic carbocycles. The van der Waals surface area contributed by atoms with Crippen molar-refractivity contribution in [2.75, 3.05) is 24.5 Å². The number of piperidine rings is 1. The van der Waals surface area contributed by atoms with Gasteiger partial charge in [0.1, 0.15) is 10.7 Å². The van der Waals surface area contributed by atoms with Crippen LogP contribution in [-0.2, 0) is 12.0 Å². The fourth-order valence-electron chi connectivity index (χ4n) is 4.88. The number of likely N-dealkylation sites (tertiary alicyclic amines) is 1. The van der Waals surface area contributed by atoms with Crippen LogP contribution in [0.1, 0.15) is 44.9 Å². The number of carbonyl (C=O) groups excluding carboxylic acids is 1. The Bertz CT molecular complexity index is 1210. The zero-order valence-electron chi connectivity index (χ0n) is 17.7. The van der Waals surface area contributed by atoms with Crippen molar-refractivity contribution < 1.29 is 9.18 Å². The minimum atomic E-state index is -0.270. The molecule has 3 heterocycles. The van der Waals surface area contributed by atoms with Gasteiger partial charge in [0.05, 0.1) is 17.3 Å². The molecule has 0 aliphatic carbocycles. The molecular weight excluding hydrogens is 425 g/mol. The summed E-state index contributed by atoms with van der Waals surface area (Å²) in [5.74, 6) is -0.379. The van der Waals surface area contributed by atoms with Crippen molar-refractivity contribution in [2.45, 2.75) is 31.7 Å². The number of carbonyl (C=O) groups is 1. The van der Waals surface area contributed by atoms with E-state index in [1.54, 1.807) is 24.0 Å². The number of nitriles is 1. The molecule has 5 rings (SSSR count). The maximum atomic E-state index is 14.2. The number of amides is 1. The van der Waals surface area contributed by atoms with Gasteiger partial charge >= 0.3 is 0 Å². The van der Waals surface area contributed by atoms with Gasteiger partial charge in [-0.15, -0.1) is 5.10 Å². The lowest BCUT2D eigenvalue weighted by Crippen LogP contribution is -2.45. The summed E-state index contributed by atoms with van der Waals surface area (Å²) in [7, 11) is 0. The summed E-state index contributed by atoms with van der Waals surface area (Å²) >= 11 is 1.11. The number of hydrogen-bond donors (Lipinski definition) is 0. The molecule has 0 atom stereocenters. The molecule has 0 N–H and O–H groups in total. The third kappa shape index (κ3) is 3.57. The van der Waals surface area contributed by atoms with E-state index in [1.165, 1.54) is 11.6 Å². The smallest absolute Gasteiger partial charge is 0.271 e. The molecule has 8 heteroatoms. The highest BCUT2D eigenvalue weighted by Crippen LogP contribution is 2.48. The quantitative estimate of drug-likeness (QED) is 0.606. The molecule has 1 saturated heterocycles. The largest absolute Gasteiger partial charge is 0.306 e. The average Bonchev–Trinajstić information content (AvgIpc) is 3.37. The first-order valence-electron chi connectivity index (χ1n) is 10.6.